The fourth-order valence-electron chi connectivity index (χ4n) is 2.86. The van der Waals surface area contributed by atoms with Crippen LogP contribution in [0.25, 0.3) is 0 Å². The van der Waals surface area contributed by atoms with Crippen molar-refractivity contribution in [3.05, 3.63) is 83.4 Å². The number of methoxy groups -OCH3 is 1. The molecule has 0 saturated carbocycles. The first-order valence-corrected chi connectivity index (χ1v) is 9.51. The second-order valence-electron chi connectivity index (χ2n) is 6.84. The van der Waals surface area contributed by atoms with Gasteiger partial charge in [-0.05, 0) is 66.9 Å². The molecular formula is C24H26N2O3. The topological polar surface area (TPSA) is 59.6 Å². The Hall–Kier alpha value is -3.47. The Labute approximate surface area is 171 Å². The zero-order valence-corrected chi connectivity index (χ0v) is 17.0. The van der Waals surface area contributed by atoms with Crippen LogP contribution in [0, 0.1) is 13.8 Å². The molecular weight excluding hydrogens is 364 g/mol. The predicted octanol–water partition coefficient (Wildman–Crippen LogP) is 4.94. The predicted molar refractivity (Wildman–Crippen MR) is 117 cm³/mol. The van der Waals surface area contributed by atoms with E-state index in [1.54, 1.807) is 7.11 Å². The van der Waals surface area contributed by atoms with Crippen LogP contribution in [-0.4, -0.2) is 19.6 Å². The Kier molecular flexibility index (Phi) is 6.74. The van der Waals surface area contributed by atoms with E-state index in [4.69, 9.17) is 9.47 Å². The molecule has 0 aliphatic carbocycles. The first kappa shape index (κ1) is 20.3. The van der Waals surface area contributed by atoms with E-state index in [-0.39, 0.29) is 12.5 Å². The minimum Gasteiger partial charge on any atom is -0.493 e. The van der Waals surface area contributed by atoms with E-state index in [1.165, 1.54) is 5.56 Å². The summed E-state index contributed by atoms with van der Waals surface area (Å²) in [5, 5.41) is 6.21. The summed E-state index contributed by atoms with van der Waals surface area (Å²) in [6.07, 6.45) is 0. The molecule has 0 spiro atoms. The van der Waals surface area contributed by atoms with Gasteiger partial charge in [0.25, 0.3) is 5.91 Å². The van der Waals surface area contributed by atoms with Gasteiger partial charge in [0, 0.05) is 17.9 Å². The van der Waals surface area contributed by atoms with Crippen LogP contribution in [0.3, 0.4) is 0 Å². The van der Waals surface area contributed by atoms with Gasteiger partial charge in [0.1, 0.15) is 0 Å². The van der Waals surface area contributed by atoms with Gasteiger partial charge in [-0.15, -0.1) is 0 Å². The van der Waals surface area contributed by atoms with Gasteiger partial charge in [-0.25, -0.2) is 0 Å². The molecule has 0 aromatic heterocycles. The van der Waals surface area contributed by atoms with Gasteiger partial charge in [-0.2, -0.15) is 0 Å². The third kappa shape index (κ3) is 5.75. The SMILES string of the molecule is COc1cc(CNc2ccccc2)ccc1OCC(=O)Nc1ccc(C)c(C)c1. The second-order valence-corrected chi connectivity index (χ2v) is 6.84. The van der Waals surface area contributed by atoms with Gasteiger partial charge in [-0.1, -0.05) is 30.3 Å². The lowest BCUT2D eigenvalue weighted by molar-refractivity contribution is -0.118. The average Bonchev–Trinajstić information content (AvgIpc) is 2.74. The zero-order chi connectivity index (χ0) is 20.6. The monoisotopic (exact) mass is 390 g/mol. The molecule has 0 aliphatic heterocycles. The van der Waals surface area contributed by atoms with E-state index in [9.17, 15) is 4.79 Å². The van der Waals surface area contributed by atoms with Crippen LogP contribution >= 0.6 is 0 Å². The average molecular weight is 390 g/mol. The highest BCUT2D eigenvalue weighted by Gasteiger charge is 2.09. The Morgan fingerprint density at radius 3 is 2.38 bits per heavy atom. The van der Waals surface area contributed by atoms with E-state index in [0.29, 0.717) is 18.0 Å². The fraction of sp³-hybridized carbons (Fsp3) is 0.208. The molecule has 0 fully saturated rings. The number of hydrogen-bond acceptors (Lipinski definition) is 4. The van der Waals surface area contributed by atoms with E-state index in [0.717, 1.165) is 22.5 Å². The molecule has 0 saturated heterocycles. The maximum absolute atomic E-state index is 12.2. The number of para-hydroxylation sites is 1. The lowest BCUT2D eigenvalue weighted by Gasteiger charge is -2.13. The first-order chi connectivity index (χ1) is 14.0. The molecule has 2 N–H and O–H groups in total. The van der Waals surface area contributed by atoms with Crippen LogP contribution in [0.5, 0.6) is 11.5 Å². The third-order valence-corrected chi connectivity index (χ3v) is 4.65. The summed E-state index contributed by atoms with van der Waals surface area (Å²) >= 11 is 0. The highest BCUT2D eigenvalue weighted by molar-refractivity contribution is 5.92. The number of carbonyl (C=O) groups excluding carboxylic acids is 1. The Balaban J connectivity index is 1.57. The molecule has 29 heavy (non-hydrogen) atoms. The molecule has 1 amide bonds. The Morgan fingerprint density at radius 1 is 0.862 bits per heavy atom. The van der Waals surface area contributed by atoms with E-state index >= 15 is 0 Å². The highest BCUT2D eigenvalue weighted by atomic mass is 16.5. The fourth-order valence-corrected chi connectivity index (χ4v) is 2.86. The van der Waals surface area contributed by atoms with Crippen molar-refractivity contribution in [1.29, 1.82) is 0 Å². The van der Waals surface area contributed by atoms with Gasteiger partial charge < -0.3 is 20.1 Å². The van der Waals surface area contributed by atoms with Crippen molar-refractivity contribution in [3.8, 4) is 11.5 Å². The van der Waals surface area contributed by atoms with Crippen LogP contribution in [0.1, 0.15) is 16.7 Å². The molecule has 3 aromatic rings. The number of carbonyl (C=O) groups is 1. The smallest absolute Gasteiger partial charge is 0.262 e. The molecule has 0 radical (unpaired) electrons. The van der Waals surface area contributed by atoms with Crippen molar-refractivity contribution in [3.63, 3.8) is 0 Å². The van der Waals surface area contributed by atoms with E-state index in [1.807, 2.05) is 80.6 Å². The quantitative estimate of drug-likeness (QED) is 0.572. The third-order valence-electron chi connectivity index (χ3n) is 4.65. The van der Waals surface area contributed by atoms with Gasteiger partial charge in [0.05, 0.1) is 7.11 Å². The molecule has 150 valence electrons. The first-order valence-electron chi connectivity index (χ1n) is 9.51. The van der Waals surface area contributed by atoms with Gasteiger partial charge in [0.2, 0.25) is 0 Å². The summed E-state index contributed by atoms with van der Waals surface area (Å²) in [4.78, 5) is 12.2. The number of amides is 1. The number of nitrogens with one attached hydrogen (secondary N) is 2. The lowest BCUT2D eigenvalue weighted by atomic mass is 10.1. The second kappa shape index (κ2) is 9.64. The summed E-state index contributed by atoms with van der Waals surface area (Å²) in [6, 6.07) is 21.5. The van der Waals surface area contributed by atoms with E-state index < -0.39 is 0 Å². The van der Waals surface area contributed by atoms with Crippen LogP contribution in [0.2, 0.25) is 0 Å². The van der Waals surface area contributed by atoms with Crippen molar-refractivity contribution in [1.82, 2.24) is 0 Å². The number of benzene rings is 3. The molecule has 0 aliphatic rings. The minimum absolute atomic E-state index is 0.0924. The number of hydrogen-bond donors (Lipinski definition) is 2. The van der Waals surface area contributed by atoms with Gasteiger partial charge in [-0.3, -0.25) is 4.79 Å². The van der Waals surface area contributed by atoms with Crippen molar-refractivity contribution in [2.24, 2.45) is 0 Å². The zero-order valence-electron chi connectivity index (χ0n) is 17.0. The summed E-state index contributed by atoms with van der Waals surface area (Å²) in [5.41, 5.74) is 5.18. The maximum Gasteiger partial charge on any atom is 0.262 e. The van der Waals surface area contributed by atoms with Gasteiger partial charge in [0.15, 0.2) is 18.1 Å². The number of ether oxygens (including phenoxy) is 2. The number of rotatable bonds is 8. The molecule has 5 nitrogen and oxygen atoms in total. The van der Waals surface area contributed by atoms with Crippen molar-refractivity contribution >= 4 is 17.3 Å². The number of aryl methyl sites for hydroxylation is 2. The molecule has 5 heteroatoms. The van der Waals surface area contributed by atoms with Crippen molar-refractivity contribution < 1.29 is 14.3 Å². The van der Waals surface area contributed by atoms with Crippen LogP contribution in [0.4, 0.5) is 11.4 Å². The van der Waals surface area contributed by atoms with Crippen LogP contribution in [0.15, 0.2) is 66.7 Å². The van der Waals surface area contributed by atoms with Crippen LogP contribution < -0.4 is 20.1 Å². The number of anilines is 2. The van der Waals surface area contributed by atoms with Gasteiger partial charge >= 0.3 is 0 Å². The highest BCUT2D eigenvalue weighted by Crippen LogP contribution is 2.28. The van der Waals surface area contributed by atoms with Crippen LogP contribution in [-0.2, 0) is 11.3 Å². The molecule has 0 bridgehead atoms. The Bertz CT molecular complexity index is 971. The summed E-state index contributed by atoms with van der Waals surface area (Å²) in [7, 11) is 1.59. The molecule has 3 rings (SSSR count). The summed E-state index contributed by atoms with van der Waals surface area (Å²) in [5.74, 6) is 0.910. The summed E-state index contributed by atoms with van der Waals surface area (Å²) in [6.45, 7) is 4.62. The van der Waals surface area contributed by atoms with E-state index in [2.05, 4.69) is 10.6 Å². The molecule has 3 aromatic carbocycles. The summed E-state index contributed by atoms with van der Waals surface area (Å²) < 4.78 is 11.1. The largest absolute Gasteiger partial charge is 0.493 e. The Morgan fingerprint density at radius 2 is 1.66 bits per heavy atom. The molecule has 0 atom stereocenters. The molecule has 0 heterocycles. The maximum atomic E-state index is 12.2. The lowest BCUT2D eigenvalue weighted by Crippen LogP contribution is -2.20. The van der Waals surface area contributed by atoms with Crippen molar-refractivity contribution in [2.45, 2.75) is 20.4 Å². The minimum atomic E-state index is -0.217. The van der Waals surface area contributed by atoms with Crippen molar-refractivity contribution in [2.75, 3.05) is 24.4 Å². The molecule has 0 unspecified atom stereocenters. The standard InChI is InChI=1S/C24H26N2O3/c1-17-9-11-21(13-18(17)2)26-24(27)16-29-22-12-10-19(14-23(22)28-3)15-25-20-7-5-4-6-8-20/h4-14,25H,15-16H2,1-3H3,(H,26,27). The normalized spacial score (nSPS) is 10.3.